The zero-order valence-corrected chi connectivity index (χ0v) is 11.1. The molecule has 0 bridgehead atoms. The van der Waals surface area contributed by atoms with Crippen molar-refractivity contribution in [2.45, 2.75) is 6.42 Å². The van der Waals surface area contributed by atoms with E-state index in [9.17, 15) is 0 Å². The van der Waals surface area contributed by atoms with Crippen LogP contribution in [-0.2, 0) is 6.42 Å². The molecule has 3 heteroatoms. The smallest absolute Gasteiger partial charge is 0.0365 e. The molecule has 0 spiro atoms. The quantitative estimate of drug-likeness (QED) is 0.869. The topological polar surface area (TPSA) is 15.3 Å². The van der Waals surface area contributed by atoms with Crippen molar-refractivity contribution in [2.75, 3.05) is 30.9 Å². The lowest BCUT2D eigenvalue weighted by molar-refractivity contribution is 0.887. The van der Waals surface area contributed by atoms with E-state index in [1.807, 2.05) is 18.4 Å². The van der Waals surface area contributed by atoms with Crippen molar-refractivity contribution in [3.8, 4) is 0 Å². The number of hydrogen-bond acceptors (Lipinski definition) is 3. The summed E-state index contributed by atoms with van der Waals surface area (Å²) in [6.45, 7) is 1.05. The van der Waals surface area contributed by atoms with Gasteiger partial charge in [-0.25, -0.2) is 0 Å². The van der Waals surface area contributed by atoms with Gasteiger partial charge in [0.15, 0.2) is 0 Å². The number of thiophene rings is 1. The summed E-state index contributed by atoms with van der Waals surface area (Å²) >= 11 is 1.83. The highest BCUT2D eigenvalue weighted by Crippen LogP contribution is 2.17. The van der Waals surface area contributed by atoms with Gasteiger partial charge in [0.25, 0.3) is 0 Å². The lowest BCUT2D eigenvalue weighted by Crippen LogP contribution is -2.19. The van der Waals surface area contributed by atoms with Crippen molar-refractivity contribution in [1.29, 1.82) is 0 Å². The molecule has 0 radical (unpaired) electrons. The molecular weight excluding hydrogens is 228 g/mol. The van der Waals surface area contributed by atoms with E-state index in [1.54, 1.807) is 0 Å². The normalized spacial score (nSPS) is 10.2. The molecule has 1 N–H and O–H groups in total. The molecule has 0 unspecified atom stereocenters. The van der Waals surface area contributed by atoms with E-state index in [2.05, 4.69) is 59.0 Å². The maximum Gasteiger partial charge on any atom is 0.0365 e. The molecule has 0 aliphatic rings. The van der Waals surface area contributed by atoms with Gasteiger partial charge in [-0.15, -0.1) is 11.3 Å². The SMILES string of the molecule is CNc1ccc(N(C)CCc2cccs2)cc1. The summed E-state index contributed by atoms with van der Waals surface area (Å²) in [7, 11) is 4.08. The molecule has 1 aromatic carbocycles. The second kappa shape index (κ2) is 5.73. The molecule has 0 atom stereocenters. The molecular formula is C14H18N2S. The highest BCUT2D eigenvalue weighted by molar-refractivity contribution is 7.09. The maximum atomic E-state index is 3.13. The molecule has 1 heterocycles. The van der Waals surface area contributed by atoms with Crippen LogP contribution >= 0.6 is 11.3 Å². The van der Waals surface area contributed by atoms with Crippen LogP contribution in [0.4, 0.5) is 11.4 Å². The lowest BCUT2D eigenvalue weighted by Gasteiger charge is -2.19. The average Bonchev–Trinajstić information content (AvgIpc) is 2.89. The number of anilines is 2. The summed E-state index contributed by atoms with van der Waals surface area (Å²) < 4.78 is 0. The van der Waals surface area contributed by atoms with E-state index in [-0.39, 0.29) is 0 Å². The van der Waals surface area contributed by atoms with E-state index in [4.69, 9.17) is 0 Å². The fourth-order valence-electron chi connectivity index (χ4n) is 1.74. The fraction of sp³-hybridized carbons (Fsp3) is 0.286. The fourth-order valence-corrected chi connectivity index (χ4v) is 2.44. The first-order chi connectivity index (χ1) is 8.29. The number of nitrogens with zero attached hydrogens (tertiary/aromatic N) is 1. The minimum Gasteiger partial charge on any atom is -0.388 e. The molecule has 0 fully saturated rings. The van der Waals surface area contributed by atoms with Gasteiger partial charge in [-0.1, -0.05) is 6.07 Å². The van der Waals surface area contributed by atoms with Gasteiger partial charge in [0.2, 0.25) is 0 Å². The van der Waals surface area contributed by atoms with Crippen LogP contribution in [0.2, 0.25) is 0 Å². The lowest BCUT2D eigenvalue weighted by atomic mass is 10.2. The highest BCUT2D eigenvalue weighted by Gasteiger charge is 2.01. The Bertz CT molecular complexity index is 434. The molecule has 0 saturated carbocycles. The minimum absolute atomic E-state index is 1.05. The summed E-state index contributed by atoms with van der Waals surface area (Å²) in [5.41, 5.74) is 2.42. The van der Waals surface area contributed by atoms with Crippen molar-refractivity contribution < 1.29 is 0 Å². The molecule has 0 amide bonds. The van der Waals surface area contributed by atoms with Crippen molar-refractivity contribution in [1.82, 2.24) is 0 Å². The van der Waals surface area contributed by atoms with Crippen LogP contribution in [0.1, 0.15) is 4.88 Å². The van der Waals surface area contributed by atoms with Crippen LogP contribution in [0.3, 0.4) is 0 Å². The summed E-state index contributed by atoms with van der Waals surface area (Å²) in [4.78, 5) is 3.74. The molecule has 0 aliphatic carbocycles. The predicted octanol–water partition coefficient (Wildman–Crippen LogP) is 3.47. The van der Waals surface area contributed by atoms with Gasteiger partial charge in [0, 0.05) is 36.9 Å². The van der Waals surface area contributed by atoms with E-state index in [1.165, 1.54) is 10.6 Å². The predicted molar refractivity (Wildman–Crippen MR) is 77.3 cm³/mol. The van der Waals surface area contributed by atoms with Crippen LogP contribution in [0.5, 0.6) is 0 Å². The van der Waals surface area contributed by atoms with Gasteiger partial charge >= 0.3 is 0 Å². The van der Waals surface area contributed by atoms with Crippen molar-refractivity contribution >= 4 is 22.7 Å². The zero-order valence-electron chi connectivity index (χ0n) is 10.3. The number of likely N-dealkylation sites (N-methyl/N-ethyl adjacent to an activating group) is 1. The van der Waals surface area contributed by atoms with Gasteiger partial charge in [-0.05, 0) is 42.1 Å². The van der Waals surface area contributed by atoms with Crippen molar-refractivity contribution in [3.05, 3.63) is 46.7 Å². The Kier molecular flexibility index (Phi) is 4.04. The Morgan fingerprint density at radius 2 is 1.94 bits per heavy atom. The van der Waals surface area contributed by atoms with Crippen LogP contribution in [0.15, 0.2) is 41.8 Å². The number of benzene rings is 1. The van der Waals surface area contributed by atoms with E-state index in [0.717, 1.165) is 18.7 Å². The summed E-state index contributed by atoms with van der Waals surface area (Å²) in [6, 6.07) is 12.8. The Morgan fingerprint density at radius 1 is 1.18 bits per heavy atom. The highest BCUT2D eigenvalue weighted by atomic mass is 32.1. The standard InChI is InChI=1S/C14H18N2S/c1-15-12-5-7-13(8-6-12)16(2)10-9-14-4-3-11-17-14/h3-8,11,15H,9-10H2,1-2H3. The summed E-state index contributed by atoms with van der Waals surface area (Å²) in [6.07, 6.45) is 1.11. The van der Waals surface area contributed by atoms with Gasteiger partial charge < -0.3 is 10.2 Å². The first kappa shape index (κ1) is 12.0. The molecule has 0 saturated heterocycles. The molecule has 2 aromatic rings. The van der Waals surface area contributed by atoms with E-state index < -0.39 is 0 Å². The first-order valence-corrected chi connectivity index (χ1v) is 6.69. The Hall–Kier alpha value is -1.48. The average molecular weight is 246 g/mol. The van der Waals surface area contributed by atoms with Crippen molar-refractivity contribution in [2.24, 2.45) is 0 Å². The molecule has 1 aromatic heterocycles. The number of hydrogen-bond donors (Lipinski definition) is 1. The number of nitrogens with one attached hydrogen (secondary N) is 1. The Balaban J connectivity index is 1.92. The van der Waals surface area contributed by atoms with Gasteiger partial charge in [-0.3, -0.25) is 0 Å². The Morgan fingerprint density at radius 3 is 2.53 bits per heavy atom. The molecule has 2 nitrogen and oxygen atoms in total. The van der Waals surface area contributed by atoms with E-state index >= 15 is 0 Å². The van der Waals surface area contributed by atoms with Gasteiger partial charge in [0.1, 0.15) is 0 Å². The van der Waals surface area contributed by atoms with Crippen LogP contribution in [-0.4, -0.2) is 20.6 Å². The zero-order chi connectivity index (χ0) is 12.1. The summed E-state index contributed by atoms with van der Waals surface area (Å²) in [5.74, 6) is 0. The second-order valence-electron chi connectivity index (χ2n) is 4.05. The molecule has 90 valence electrons. The second-order valence-corrected chi connectivity index (χ2v) is 5.08. The first-order valence-electron chi connectivity index (χ1n) is 5.81. The summed E-state index contributed by atoms with van der Waals surface area (Å²) in [5, 5.41) is 5.27. The third kappa shape index (κ3) is 3.24. The Labute approximate surface area is 107 Å². The van der Waals surface area contributed by atoms with Crippen LogP contribution in [0, 0.1) is 0 Å². The molecule has 0 aliphatic heterocycles. The van der Waals surface area contributed by atoms with Crippen molar-refractivity contribution in [3.63, 3.8) is 0 Å². The van der Waals surface area contributed by atoms with Gasteiger partial charge in [-0.2, -0.15) is 0 Å². The van der Waals surface area contributed by atoms with Crippen LogP contribution in [0.25, 0.3) is 0 Å². The third-order valence-electron chi connectivity index (χ3n) is 2.87. The minimum atomic E-state index is 1.05. The van der Waals surface area contributed by atoms with Crippen LogP contribution < -0.4 is 10.2 Å². The third-order valence-corrected chi connectivity index (χ3v) is 3.81. The molecule has 17 heavy (non-hydrogen) atoms. The monoisotopic (exact) mass is 246 g/mol. The number of rotatable bonds is 5. The molecule has 2 rings (SSSR count). The maximum absolute atomic E-state index is 3.13. The van der Waals surface area contributed by atoms with Gasteiger partial charge in [0.05, 0.1) is 0 Å². The largest absolute Gasteiger partial charge is 0.388 e. The van der Waals surface area contributed by atoms with E-state index in [0.29, 0.717) is 0 Å².